The lowest BCUT2D eigenvalue weighted by Gasteiger charge is -2.32. The number of anilines is 1. The number of carbonyl (C=O) groups excluding carboxylic acids is 2. The summed E-state index contributed by atoms with van der Waals surface area (Å²) in [6, 6.07) is 8.10. The van der Waals surface area contributed by atoms with Crippen LogP contribution >= 0.6 is 34.8 Å². The van der Waals surface area contributed by atoms with Gasteiger partial charge in [-0.1, -0.05) is 40.9 Å². The van der Waals surface area contributed by atoms with E-state index < -0.39 is 34.4 Å². The normalized spacial score (nSPS) is 12.3. The molecule has 0 aliphatic rings. The Hall–Kier alpha value is -2.20. The summed E-state index contributed by atoms with van der Waals surface area (Å²) in [5.41, 5.74) is 0.724. The van der Waals surface area contributed by atoms with E-state index in [0.29, 0.717) is 21.4 Å². The molecule has 2 aromatic rings. The Balaban J connectivity index is 2.45. The number of amides is 2. The summed E-state index contributed by atoms with van der Waals surface area (Å²) in [6.45, 7) is 4.56. The maximum atomic E-state index is 13.5. The number of carbonyl (C=O) groups is 2. The zero-order chi connectivity index (χ0) is 26.5. The van der Waals surface area contributed by atoms with Crippen molar-refractivity contribution in [2.24, 2.45) is 0 Å². The zero-order valence-corrected chi connectivity index (χ0v) is 23.1. The molecule has 1 N–H and O–H groups in total. The largest absolute Gasteiger partial charge is 0.495 e. The lowest BCUT2D eigenvalue weighted by Crippen LogP contribution is -2.52. The lowest BCUT2D eigenvalue weighted by molar-refractivity contribution is -0.139. The molecule has 0 radical (unpaired) electrons. The van der Waals surface area contributed by atoms with Gasteiger partial charge in [0, 0.05) is 22.6 Å². The monoisotopic (exact) mass is 563 g/mol. The van der Waals surface area contributed by atoms with Crippen molar-refractivity contribution in [1.82, 2.24) is 10.2 Å². The Morgan fingerprint density at radius 3 is 2.20 bits per heavy atom. The van der Waals surface area contributed by atoms with E-state index in [-0.39, 0.29) is 23.3 Å². The Morgan fingerprint density at radius 1 is 1.03 bits per heavy atom. The second-order valence-corrected chi connectivity index (χ2v) is 11.3. The van der Waals surface area contributed by atoms with Crippen LogP contribution in [0.4, 0.5) is 5.69 Å². The van der Waals surface area contributed by atoms with Gasteiger partial charge in [-0.15, -0.1) is 0 Å². The van der Waals surface area contributed by atoms with Crippen LogP contribution in [0.15, 0.2) is 36.4 Å². The summed E-state index contributed by atoms with van der Waals surface area (Å²) in [7, 11) is -2.46. The molecular weight excluding hydrogens is 537 g/mol. The highest BCUT2D eigenvalue weighted by atomic mass is 35.5. The van der Waals surface area contributed by atoms with E-state index in [1.165, 1.54) is 36.3 Å². The average Bonchev–Trinajstić information content (AvgIpc) is 2.75. The fourth-order valence-corrected chi connectivity index (χ4v) is 4.81. The molecule has 0 saturated carbocycles. The second-order valence-electron chi connectivity index (χ2n) is 8.19. The summed E-state index contributed by atoms with van der Waals surface area (Å²) in [5.74, 6) is -0.648. The summed E-state index contributed by atoms with van der Waals surface area (Å²) in [4.78, 5) is 27.6. The van der Waals surface area contributed by atoms with Crippen LogP contribution in [0.2, 0.25) is 15.1 Å². The van der Waals surface area contributed by atoms with Gasteiger partial charge in [-0.05, 0) is 56.7 Å². The number of sulfonamides is 1. The molecule has 0 aromatic heterocycles. The van der Waals surface area contributed by atoms with E-state index in [0.717, 1.165) is 10.6 Å². The molecule has 8 nitrogen and oxygen atoms in total. The predicted molar refractivity (Wildman–Crippen MR) is 140 cm³/mol. The fraction of sp³-hybridized carbons (Fsp3) is 0.391. The fourth-order valence-electron chi connectivity index (χ4n) is 3.25. The SMILES string of the molecule is COc1ccc(N(CC(=O)N(Cc2ccc(Cl)cc2Cl)[C@@H](C)C(=O)NC(C)C)S(C)(=O)=O)cc1Cl. The molecule has 0 fully saturated rings. The molecular formula is C23H28Cl3N3O5S. The van der Waals surface area contributed by atoms with Crippen molar-refractivity contribution in [3.05, 3.63) is 57.0 Å². The summed E-state index contributed by atoms with van der Waals surface area (Å²) < 4.78 is 31.3. The number of benzene rings is 2. The summed E-state index contributed by atoms with van der Waals surface area (Å²) in [6.07, 6.45) is 0.980. The first kappa shape index (κ1) is 29.0. The van der Waals surface area contributed by atoms with Crippen molar-refractivity contribution < 1.29 is 22.7 Å². The maximum Gasteiger partial charge on any atom is 0.244 e. The van der Waals surface area contributed by atoms with Gasteiger partial charge in [-0.2, -0.15) is 0 Å². The third-order valence-electron chi connectivity index (χ3n) is 5.06. The van der Waals surface area contributed by atoms with Gasteiger partial charge in [0.2, 0.25) is 21.8 Å². The topological polar surface area (TPSA) is 96.0 Å². The van der Waals surface area contributed by atoms with Crippen LogP contribution in [0, 0.1) is 0 Å². The van der Waals surface area contributed by atoms with Crippen molar-refractivity contribution in [3.8, 4) is 5.75 Å². The van der Waals surface area contributed by atoms with E-state index in [9.17, 15) is 18.0 Å². The molecule has 2 rings (SSSR count). The molecule has 0 spiro atoms. The van der Waals surface area contributed by atoms with Gasteiger partial charge in [-0.25, -0.2) is 8.42 Å². The predicted octanol–water partition coefficient (Wildman–Crippen LogP) is 4.36. The Kier molecular flexibility index (Phi) is 10.1. The van der Waals surface area contributed by atoms with E-state index in [4.69, 9.17) is 39.5 Å². The van der Waals surface area contributed by atoms with Crippen LogP contribution in [-0.4, -0.2) is 57.1 Å². The number of hydrogen-bond acceptors (Lipinski definition) is 5. The maximum absolute atomic E-state index is 13.5. The van der Waals surface area contributed by atoms with Crippen LogP contribution in [-0.2, 0) is 26.2 Å². The van der Waals surface area contributed by atoms with Crippen LogP contribution < -0.4 is 14.4 Å². The Morgan fingerprint density at radius 2 is 1.69 bits per heavy atom. The molecule has 35 heavy (non-hydrogen) atoms. The molecule has 0 aliphatic carbocycles. The number of rotatable bonds is 10. The minimum absolute atomic E-state index is 0.0392. The molecule has 0 bridgehead atoms. The molecule has 192 valence electrons. The van der Waals surface area contributed by atoms with Gasteiger partial charge >= 0.3 is 0 Å². The first-order chi connectivity index (χ1) is 16.2. The second kappa shape index (κ2) is 12.2. The Labute approximate surface area is 221 Å². The van der Waals surface area contributed by atoms with Crippen molar-refractivity contribution in [2.75, 3.05) is 24.2 Å². The number of halogens is 3. The number of nitrogens with zero attached hydrogens (tertiary/aromatic N) is 2. The number of nitrogens with one attached hydrogen (secondary N) is 1. The molecule has 0 heterocycles. The van der Waals surface area contributed by atoms with Gasteiger partial charge < -0.3 is 15.0 Å². The van der Waals surface area contributed by atoms with E-state index in [1.54, 1.807) is 32.9 Å². The minimum Gasteiger partial charge on any atom is -0.495 e. The molecule has 0 saturated heterocycles. The van der Waals surface area contributed by atoms with E-state index in [2.05, 4.69) is 5.32 Å². The molecule has 0 aliphatic heterocycles. The van der Waals surface area contributed by atoms with Gasteiger partial charge in [-0.3, -0.25) is 13.9 Å². The third kappa shape index (κ3) is 7.90. The number of methoxy groups -OCH3 is 1. The van der Waals surface area contributed by atoms with Crippen molar-refractivity contribution in [3.63, 3.8) is 0 Å². The number of hydrogen-bond donors (Lipinski definition) is 1. The highest BCUT2D eigenvalue weighted by Gasteiger charge is 2.31. The van der Waals surface area contributed by atoms with Crippen LogP contribution in [0.1, 0.15) is 26.3 Å². The van der Waals surface area contributed by atoms with Crippen molar-refractivity contribution in [1.29, 1.82) is 0 Å². The van der Waals surface area contributed by atoms with Gasteiger partial charge in [0.15, 0.2) is 0 Å². The summed E-state index contributed by atoms with van der Waals surface area (Å²) >= 11 is 18.5. The minimum atomic E-state index is -3.89. The van der Waals surface area contributed by atoms with Crippen LogP contribution in [0.3, 0.4) is 0 Å². The average molecular weight is 565 g/mol. The standard InChI is InChI=1S/C23H28Cl3N3O5S/c1-14(2)27-23(31)15(3)28(12-16-6-7-17(24)10-19(16)25)22(30)13-29(35(5,32)33)18-8-9-21(34-4)20(26)11-18/h6-11,14-15H,12-13H2,1-5H3,(H,27,31)/t15-/m0/s1. The highest BCUT2D eigenvalue weighted by Crippen LogP contribution is 2.30. The third-order valence-corrected chi connectivity index (χ3v) is 7.08. The lowest BCUT2D eigenvalue weighted by atomic mass is 10.1. The molecule has 0 unspecified atom stereocenters. The Bertz CT molecular complexity index is 1190. The van der Waals surface area contributed by atoms with Crippen LogP contribution in [0.25, 0.3) is 0 Å². The van der Waals surface area contributed by atoms with Crippen molar-refractivity contribution >= 4 is 62.3 Å². The molecule has 2 amide bonds. The van der Waals surface area contributed by atoms with E-state index >= 15 is 0 Å². The molecule has 2 aromatic carbocycles. The van der Waals surface area contributed by atoms with Gasteiger partial charge in [0.1, 0.15) is 18.3 Å². The first-order valence-electron chi connectivity index (χ1n) is 10.6. The number of ether oxygens (including phenoxy) is 1. The first-order valence-corrected chi connectivity index (χ1v) is 13.6. The van der Waals surface area contributed by atoms with Gasteiger partial charge in [0.05, 0.1) is 24.1 Å². The van der Waals surface area contributed by atoms with Crippen molar-refractivity contribution in [2.45, 2.75) is 39.4 Å². The highest BCUT2D eigenvalue weighted by molar-refractivity contribution is 7.92. The van der Waals surface area contributed by atoms with Gasteiger partial charge in [0.25, 0.3) is 0 Å². The smallest absolute Gasteiger partial charge is 0.244 e. The molecule has 1 atom stereocenters. The zero-order valence-electron chi connectivity index (χ0n) is 20.0. The van der Waals surface area contributed by atoms with E-state index in [1.807, 2.05) is 0 Å². The summed E-state index contributed by atoms with van der Waals surface area (Å²) in [5, 5.41) is 3.69. The molecule has 12 heteroatoms. The van der Waals surface area contributed by atoms with Crippen LogP contribution in [0.5, 0.6) is 5.75 Å². The quantitative estimate of drug-likeness (QED) is 0.463.